The lowest BCUT2D eigenvalue weighted by molar-refractivity contribution is 0.103. The number of nitrogens with zero attached hydrogens (tertiary/aromatic N) is 1. The number of carbonyl (C=O) groups is 1. The number of hydrogen-bond donors (Lipinski definition) is 2. The second kappa shape index (κ2) is 5.13. The standard InChI is InChI=1S/C15H14ClN3O/c16-9-7-12(15(17)19-8-9)14(20)11-3-1-5-13-10(11)4-2-6-18-13/h1,3,5,7-8,18H,2,4,6H2,(H2,17,19). The second-order valence-corrected chi connectivity index (χ2v) is 5.21. The fraction of sp³-hybridized carbons (Fsp3) is 0.200. The van der Waals surface area contributed by atoms with E-state index in [1.807, 2.05) is 18.2 Å². The van der Waals surface area contributed by atoms with E-state index in [0.29, 0.717) is 16.1 Å². The molecule has 0 aliphatic carbocycles. The third-order valence-electron chi connectivity index (χ3n) is 3.47. The lowest BCUT2D eigenvalue weighted by Gasteiger charge is -2.20. The van der Waals surface area contributed by atoms with E-state index in [0.717, 1.165) is 30.6 Å². The van der Waals surface area contributed by atoms with Gasteiger partial charge in [-0.3, -0.25) is 4.79 Å². The molecule has 0 atom stereocenters. The van der Waals surface area contributed by atoms with Crippen LogP contribution in [0.15, 0.2) is 30.5 Å². The molecule has 3 rings (SSSR count). The fourth-order valence-corrected chi connectivity index (χ4v) is 2.66. The highest BCUT2D eigenvalue weighted by molar-refractivity contribution is 6.31. The summed E-state index contributed by atoms with van der Waals surface area (Å²) >= 11 is 5.91. The van der Waals surface area contributed by atoms with E-state index in [1.54, 1.807) is 6.07 Å². The van der Waals surface area contributed by atoms with E-state index in [2.05, 4.69) is 10.3 Å². The molecule has 1 aliphatic rings. The molecule has 20 heavy (non-hydrogen) atoms. The topological polar surface area (TPSA) is 68.0 Å². The molecule has 0 amide bonds. The number of nitrogens with two attached hydrogens (primary N) is 1. The molecule has 0 radical (unpaired) electrons. The first-order valence-electron chi connectivity index (χ1n) is 6.48. The van der Waals surface area contributed by atoms with Crippen molar-refractivity contribution in [2.45, 2.75) is 12.8 Å². The van der Waals surface area contributed by atoms with Crippen LogP contribution in [0.1, 0.15) is 27.9 Å². The van der Waals surface area contributed by atoms with E-state index in [4.69, 9.17) is 17.3 Å². The number of carbonyl (C=O) groups excluding carboxylic acids is 1. The van der Waals surface area contributed by atoms with Crippen molar-refractivity contribution in [1.29, 1.82) is 0 Å². The highest BCUT2D eigenvalue weighted by Gasteiger charge is 2.20. The minimum atomic E-state index is -0.127. The maximum atomic E-state index is 12.7. The van der Waals surface area contributed by atoms with Crippen LogP contribution in [0, 0.1) is 0 Å². The van der Waals surface area contributed by atoms with Crippen LogP contribution >= 0.6 is 11.6 Å². The lowest BCUT2D eigenvalue weighted by atomic mass is 9.93. The summed E-state index contributed by atoms with van der Waals surface area (Å²) < 4.78 is 0. The highest BCUT2D eigenvalue weighted by atomic mass is 35.5. The minimum Gasteiger partial charge on any atom is -0.385 e. The molecule has 1 aromatic carbocycles. The molecule has 1 aromatic heterocycles. The van der Waals surface area contributed by atoms with E-state index in [9.17, 15) is 4.79 Å². The van der Waals surface area contributed by atoms with Gasteiger partial charge in [-0.1, -0.05) is 23.7 Å². The van der Waals surface area contributed by atoms with Gasteiger partial charge in [0, 0.05) is 24.0 Å². The molecule has 1 aliphatic heterocycles. The SMILES string of the molecule is Nc1ncc(Cl)cc1C(=O)c1cccc2c1CCCN2. The van der Waals surface area contributed by atoms with Crippen molar-refractivity contribution in [2.24, 2.45) is 0 Å². The van der Waals surface area contributed by atoms with Crippen molar-refractivity contribution in [2.75, 3.05) is 17.6 Å². The Hall–Kier alpha value is -2.07. The molecule has 0 unspecified atom stereocenters. The van der Waals surface area contributed by atoms with E-state index in [1.165, 1.54) is 6.20 Å². The van der Waals surface area contributed by atoms with Crippen LogP contribution in [0.2, 0.25) is 5.02 Å². The number of nitrogens with one attached hydrogen (secondary N) is 1. The second-order valence-electron chi connectivity index (χ2n) is 4.78. The Morgan fingerprint density at radius 1 is 1.35 bits per heavy atom. The quantitative estimate of drug-likeness (QED) is 0.834. The fourth-order valence-electron chi connectivity index (χ4n) is 2.50. The first-order chi connectivity index (χ1) is 9.66. The molecular weight excluding hydrogens is 274 g/mol. The average molecular weight is 288 g/mol. The van der Waals surface area contributed by atoms with Crippen molar-refractivity contribution in [1.82, 2.24) is 4.98 Å². The van der Waals surface area contributed by atoms with E-state index in [-0.39, 0.29) is 11.6 Å². The van der Waals surface area contributed by atoms with Gasteiger partial charge in [-0.05, 0) is 30.5 Å². The minimum absolute atomic E-state index is 0.127. The molecule has 5 heteroatoms. The van der Waals surface area contributed by atoms with Crippen molar-refractivity contribution in [3.8, 4) is 0 Å². The maximum Gasteiger partial charge on any atom is 0.197 e. The maximum absolute atomic E-state index is 12.7. The van der Waals surface area contributed by atoms with Gasteiger partial charge in [0.25, 0.3) is 0 Å². The molecule has 2 heterocycles. The van der Waals surface area contributed by atoms with Gasteiger partial charge in [-0.25, -0.2) is 4.98 Å². The van der Waals surface area contributed by atoms with Gasteiger partial charge in [-0.15, -0.1) is 0 Å². The Morgan fingerprint density at radius 3 is 3.05 bits per heavy atom. The number of hydrogen-bond acceptors (Lipinski definition) is 4. The van der Waals surface area contributed by atoms with Gasteiger partial charge in [-0.2, -0.15) is 0 Å². The van der Waals surface area contributed by atoms with Crippen LogP contribution in [0.3, 0.4) is 0 Å². The summed E-state index contributed by atoms with van der Waals surface area (Å²) in [5.74, 6) is 0.0822. The van der Waals surface area contributed by atoms with Gasteiger partial charge in [0.05, 0.1) is 10.6 Å². The Labute approximate surface area is 122 Å². The van der Waals surface area contributed by atoms with Gasteiger partial charge in [0.1, 0.15) is 5.82 Å². The summed E-state index contributed by atoms with van der Waals surface area (Å²) in [5, 5.41) is 3.72. The van der Waals surface area contributed by atoms with Gasteiger partial charge >= 0.3 is 0 Å². The lowest BCUT2D eigenvalue weighted by Crippen LogP contribution is -2.16. The molecule has 0 spiro atoms. The van der Waals surface area contributed by atoms with E-state index >= 15 is 0 Å². The number of halogens is 1. The number of ketones is 1. The van der Waals surface area contributed by atoms with Gasteiger partial charge < -0.3 is 11.1 Å². The van der Waals surface area contributed by atoms with Crippen molar-refractivity contribution >= 4 is 28.9 Å². The molecule has 4 nitrogen and oxygen atoms in total. The van der Waals surface area contributed by atoms with Crippen LogP contribution in [0.4, 0.5) is 11.5 Å². The molecule has 0 bridgehead atoms. The first-order valence-corrected chi connectivity index (χ1v) is 6.86. The molecular formula is C15H14ClN3O. The number of anilines is 2. The third-order valence-corrected chi connectivity index (χ3v) is 3.68. The summed E-state index contributed by atoms with van der Waals surface area (Å²) in [4.78, 5) is 16.6. The Morgan fingerprint density at radius 2 is 2.20 bits per heavy atom. The number of fused-ring (bicyclic) bond motifs is 1. The predicted octanol–water partition coefficient (Wildman–Crippen LogP) is 2.91. The Balaban J connectivity index is 2.09. The number of rotatable bonds is 2. The smallest absolute Gasteiger partial charge is 0.197 e. The average Bonchev–Trinajstić information content (AvgIpc) is 2.48. The van der Waals surface area contributed by atoms with Crippen LogP contribution in [-0.2, 0) is 6.42 Å². The van der Waals surface area contributed by atoms with Crippen molar-refractivity contribution < 1.29 is 4.79 Å². The number of aromatic nitrogens is 1. The van der Waals surface area contributed by atoms with Crippen molar-refractivity contribution in [3.63, 3.8) is 0 Å². The molecule has 0 fully saturated rings. The summed E-state index contributed by atoms with van der Waals surface area (Å²) in [6, 6.07) is 7.26. The third kappa shape index (κ3) is 2.23. The van der Waals surface area contributed by atoms with Crippen LogP contribution in [0.25, 0.3) is 0 Å². The number of benzene rings is 1. The predicted molar refractivity (Wildman–Crippen MR) is 80.3 cm³/mol. The molecule has 3 N–H and O–H groups in total. The van der Waals surface area contributed by atoms with E-state index < -0.39 is 0 Å². The molecule has 0 saturated heterocycles. The largest absolute Gasteiger partial charge is 0.385 e. The highest BCUT2D eigenvalue weighted by Crippen LogP contribution is 2.28. The zero-order valence-electron chi connectivity index (χ0n) is 10.8. The van der Waals surface area contributed by atoms with Crippen molar-refractivity contribution in [3.05, 3.63) is 52.2 Å². The number of pyridine rings is 1. The van der Waals surface area contributed by atoms with Crippen LogP contribution in [-0.4, -0.2) is 17.3 Å². The van der Waals surface area contributed by atoms with Gasteiger partial charge in [0.2, 0.25) is 0 Å². The summed E-state index contributed by atoms with van der Waals surface area (Å²) in [6.07, 6.45) is 3.34. The monoisotopic (exact) mass is 287 g/mol. The zero-order chi connectivity index (χ0) is 14.1. The molecule has 0 saturated carbocycles. The van der Waals surface area contributed by atoms with Crippen LogP contribution < -0.4 is 11.1 Å². The summed E-state index contributed by atoms with van der Waals surface area (Å²) in [6.45, 7) is 0.936. The Bertz CT molecular complexity index is 685. The summed E-state index contributed by atoms with van der Waals surface area (Å²) in [7, 11) is 0. The Kier molecular flexibility index (Phi) is 3.32. The number of nitrogen functional groups attached to an aromatic ring is 1. The summed E-state index contributed by atoms with van der Waals surface area (Å²) in [5.41, 5.74) is 8.90. The first kappa shape index (κ1) is 12.9. The molecule has 2 aromatic rings. The van der Waals surface area contributed by atoms with Gasteiger partial charge in [0.15, 0.2) is 5.78 Å². The molecule has 102 valence electrons. The van der Waals surface area contributed by atoms with Crippen LogP contribution in [0.5, 0.6) is 0 Å². The zero-order valence-corrected chi connectivity index (χ0v) is 11.6. The normalized spacial score (nSPS) is 13.4.